The molecular weight excluding hydrogens is 412 g/mol. The molecule has 0 saturated heterocycles. The first kappa shape index (κ1) is 26.1. The van der Waals surface area contributed by atoms with Crippen molar-refractivity contribution >= 4 is 28.4 Å². The van der Waals surface area contributed by atoms with E-state index < -0.39 is 0 Å². The molecule has 0 amide bonds. The number of fused-ring (bicyclic) bond motifs is 1. The summed E-state index contributed by atoms with van der Waals surface area (Å²) in [6.45, 7) is 9.06. The minimum absolute atomic E-state index is 0.447. The highest BCUT2D eigenvalue weighted by Crippen LogP contribution is 2.25. The second-order valence-corrected chi connectivity index (χ2v) is 9.43. The van der Waals surface area contributed by atoms with Crippen LogP contribution in [0.5, 0.6) is 0 Å². The van der Waals surface area contributed by atoms with Gasteiger partial charge in [-0.3, -0.25) is 0 Å². The van der Waals surface area contributed by atoms with Crippen molar-refractivity contribution in [2.45, 2.75) is 38.1 Å². The molecule has 1 unspecified atom stereocenters. The Balaban J connectivity index is 0.000000229. The van der Waals surface area contributed by atoms with Crippen LogP contribution in [0.2, 0.25) is 0 Å². The fraction of sp³-hybridized carbons (Fsp3) is 0.370. The molecule has 0 aliphatic carbocycles. The number of aryl methyl sites for hydroxylation is 1. The van der Waals surface area contributed by atoms with Crippen LogP contribution in [0.15, 0.2) is 71.6 Å². The van der Waals surface area contributed by atoms with Gasteiger partial charge >= 0.3 is 0 Å². The minimum Gasteiger partial charge on any atom is -0.320 e. The molecule has 3 aromatic carbocycles. The van der Waals surface area contributed by atoms with Gasteiger partial charge in [0.25, 0.3) is 0 Å². The summed E-state index contributed by atoms with van der Waals surface area (Å²) in [7, 11) is 4.00. The molecular formula is C27H38N4S. The van der Waals surface area contributed by atoms with Crippen molar-refractivity contribution in [1.29, 1.82) is 5.41 Å². The molecule has 5 heteroatoms. The van der Waals surface area contributed by atoms with E-state index >= 15 is 0 Å². The van der Waals surface area contributed by atoms with Gasteiger partial charge in [0, 0.05) is 23.2 Å². The zero-order chi connectivity index (χ0) is 23.3. The van der Waals surface area contributed by atoms with E-state index in [9.17, 15) is 0 Å². The van der Waals surface area contributed by atoms with Gasteiger partial charge in [0.15, 0.2) is 0 Å². The average molecular weight is 451 g/mol. The predicted octanol–water partition coefficient (Wildman–Crippen LogP) is 6.07. The minimum atomic E-state index is 0.447. The van der Waals surface area contributed by atoms with Crippen LogP contribution in [0.25, 0.3) is 10.8 Å². The summed E-state index contributed by atoms with van der Waals surface area (Å²) in [6.07, 6.45) is 1.17. The van der Waals surface area contributed by atoms with Crippen molar-refractivity contribution in [1.82, 2.24) is 14.9 Å². The lowest BCUT2D eigenvalue weighted by Crippen LogP contribution is -2.23. The summed E-state index contributed by atoms with van der Waals surface area (Å²) in [5.41, 5.74) is 3.45. The maximum atomic E-state index is 7.47. The average Bonchev–Trinajstić information content (AvgIpc) is 2.76. The summed E-state index contributed by atoms with van der Waals surface area (Å²) in [6, 6.07) is 23.8. The van der Waals surface area contributed by atoms with E-state index in [4.69, 9.17) is 5.41 Å². The molecule has 0 radical (unpaired) electrons. The Hall–Kier alpha value is -2.18. The van der Waals surface area contributed by atoms with E-state index in [1.807, 2.05) is 21.0 Å². The first-order chi connectivity index (χ1) is 15.4. The molecule has 3 rings (SSSR count). The van der Waals surface area contributed by atoms with E-state index in [0.717, 1.165) is 13.1 Å². The van der Waals surface area contributed by atoms with E-state index in [2.05, 4.69) is 95.5 Å². The molecule has 0 fully saturated rings. The van der Waals surface area contributed by atoms with Crippen LogP contribution in [0.3, 0.4) is 0 Å². The van der Waals surface area contributed by atoms with Crippen molar-refractivity contribution in [3.05, 3.63) is 77.9 Å². The number of rotatable bonds is 10. The van der Waals surface area contributed by atoms with Crippen LogP contribution in [0.4, 0.5) is 0 Å². The molecule has 0 aliphatic rings. The van der Waals surface area contributed by atoms with Gasteiger partial charge in [0.05, 0.1) is 0 Å². The summed E-state index contributed by atoms with van der Waals surface area (Å²) >= 11 is 1.68. The number of hydrogen-bond donors (Lipinski definition) is 3. The van der Waals surface area contributed by atoms with Gasteiger partial charge in [-0.2, -0.15) is 0 Å². The van der Waals surface area contributed by atoms with Crippen LogP contribution in [0.1, 0.15) is 37.4 Å². The Morgan fingerprint density at radius 2 is 1.69 bits per heavy atom. The highest BCUT2D eigenvalue weighted by atomic mass is 32.2. The lowest BCUT2D eigenvalue weighted by Gasteiger charge is -2.16. The Morgan fingerprint density at radius 1 is 1.00 bits per heavy atom. The summed E-state index contributed by atoms with van der Waals surface area (Å²) in [4.78, 5) is 1.22. The first-order valence-corrected chi connectivity index (χ1v) is 12.0. The highest BCUT2D eigenvalue weighted by molar-refractivity contribution is 7.97. The predicted molar refractivity (Wildman–Crippen MR) is 142 cm³/mol. The number of nitrogens with one attached hydrogen (secondary N) is 3. The molecule has 0 heterocycles. The van der Waals surface area contributed by atoms with Gasteiger partial charge in [0.1, 0.15) is 0 Å². The molecule has 0 saturated carbocycles. The van der Waals surface area contributed by atoms with Gasteiger partial charge in [-0.1, -0.05) is 54.6 Å². The third-order valence-corrected chi connectivity index (χ3v) is 6.06. The van der Waals surface area contributed by atoms with Gasteiger partial charge in [0.2, 0.25) is 0 Å². The fourth-order valence-electron chi connectivity index (χ4n) is 3.54. The van der Waals surface area contributed by atoms with E-state index in [-0.39, 0.29) is 0 Å². The summed E-state index contributed by atoms with van der Waals surface area (Å²) < 4.78 is 2.08. The molecule has 1 atom stereocenters. The Labute approximate surface area is 198 Å². The largest absolute Gasteiger partial charge is 0.320 e. The molecule has 172 valence electrons. The SMILES string of the molecule is CC(=N)CN(C)Sc1ccc2ccccc2c1.CNCCCNC(C)c1ccccc1C. The number of nitrogens with zero attached hydrogens (tertiary/aromatic N) is 1. The smallest absolute Gasteiger partial charge is 0.0464 e. The molecule has 3 N–H and O–H groups in total. The van der Waals surface area contributed by atoms with Crippen molar-refractivity contribution < 1.29 is 0 Å². The molecule has 0 aliphatic heterocycles. The maximum absolute atomic E-state index is 7.47. The quantitative estimate of drug-likeness (QED) is 0.199. The molecule has 0 spiro atoms. The molecule has 0 bridgehead atoms. The maximum Gasteiger partial charge on any atom is 0.0464 e. The standard InChI is InChI=1S/C14H16N2S.C13H22N2/c1-11(15)10-16(2)17-14-8-7-12-5-3-4-6-13(12)9-14;1-11-7-4-5-8-13(11)12(2)15-10-6-9-14-3/h3-9,15H,10H2,1-2H3;4-5,7-8,12,14-15H,6,9-10H2,1-3H3. The monoisotopic (exact) mass is 450 g/mol. The fourth-order valence-corrected chi connectivity index (χ4v) is 4.46. The van der Waals surface area contributed by atoms with E-state index in [0.29, 0.717) is 18.3 Å². The summed E-state index contributed by atoms with van der Waals surface area (Å²) in [5, 5.41) is 16.7. The Bertz CT molecular complexity index is 973. The molecule has 4 nitrogen and oxygen atoms in total. The lowest BCUT2D eigenvalue weighted by atomic mass is 10.0. The van der Waals surface area contributed by atoms with Gasteiger partial charge in [-0.05, 0) is 100 Å². The first-order valence-electron chi connectivity index (χ1n) is 11.3. The van der Waals surface area contributed by atoms with Crippen LogP contribution in [-0.2, 0) is 0 Å². The van der Waals surface area contributed by atoms with Gasteiger partial charge in [-0.15, -0.1) is 0 Å². The molecule has 3 aromatic rings. The molecule has 0 aromatic heterocycles. The van der Waals surface area contributed by atoms with E-state index in [1.165, 1.54) is 33.2 Å². The van der Waals surface area contributed by atoms with Crippen LogP contribution < -0.4 is 10.6 Å². The Kier molecular flexibility index (Phi) is 11.5. The Morgan fingerprint density at radius 3 is 2.38 bits per heavy atom. The van der Waals surface area contributed by atoms with Gasteiger partial charge < -0.3 is 16.0 Å². The van der Waals surface area contributed by atoms with Crippen LogP contribution in [-0.4, -0.2) is 43.7 Å². The second-order valence-electron chi connectivity index (χ2n) is 8.16. The third kappa shape index (κ3) is 9.13. The zero-order valence-corrected chi connectivity index (χ0v) is 20.9. The third-order valence-electron chi connectivity index (χ3n) is 5.15. The number of hydrogen-bond acceptors (Lipinski definition) is 5. The van der Waals surface area contributed by atoms with Crippen molar-refractivity contribution in [3.8, 4) is 0 Å². The van der Waals surface area contributed by atoms with Crippen molar-refractivity contribution in [2.24, 2.45) is 0 Å². The van der Waals surface area contributed by atoms with Crippen molar-refractivity contribution in [3.63, 3.8) is 0 Å². The number of benzene rings is 3. The second kappa shape index (κ2) is 14.1. The van der Waals surface area contributed by atoms with Gasteiger partial charge in [-0.25, -0.2) is 4.31 Å². The topological polar surface area (TPSA) is 51.2 Å². The lowest BCUT2D eigenvalue weighted by molar-refractivity contribution is 0.548. The summed E-state index contributed by atoms with van der Waals surface area (Å²) in [5.74, 6) is 0. The van der Waals surface area contributed by atoms with Crippen LogP contribution >= 0.6 is 11.9 Å². The zero-order valence-electron chi connectivity index (χ0n) is 20.1. The van der Waals surface area contributed by atoms with Crippen molar-refractivity contribution in [2.75, 3.05) is 33.7 Å². The molecule has 32 heavy (non-hydrogen) atoms. The highest BCUT2D eigenvalue weighted by Gasteiger charge is 2.06. The van der Waals surface area contributed by atoms with Crippen LogP contribution in [0, 0.1) is 12.3 Å². The van der Waals surface area contributed by atoms with E-state index in [1.54, 1.807) is 11.9 Å². The normalized spacial score (nSPS) is 11.8.